The minimum Gasteiger partial charge on any atom is -0.508 e. The van der Waals surface area contributed by atoms with Crippen LogP contribution in [0.1, 0.15) is 91.8 Å². The number of rotatable bonds is 16. The Morgan fingerprint density at radius 3 is 2.41 bits per heavy atom. The normalized spacial score (nSPS) is 24.8. The lowest BCUT2D eigenvalue weighted by atomic mass is 9.80. The average molecular weight is 674 g/mol. The number of benzene rings is 3. The average Bonchev–Trinajstić information content (AvgIpc) is 3.69. The molecule has 7 rings (SSSR count). The molecule has 1 aliphatic carbocycles. The van der Waals surface area contributed by atoms with Crippen molar-refractivity contribution in [1.82, 2.24) is 5.32 Å². The fourth-order valence-corrected chi connectivity index (χ4v) is 8.67. The van der Waals surface area contributed by atoms with Crippen LogP contribution in [0.5, 0.6) is 11.5 Å². The number of piperidine rings is 3. The molecule has 3 saturated heterocycles. The second-order valence-electron chi connectivity index (χ2n) is 15.1. The highest BCUT2D eigenvalue weighted by atomic mass is 16.5. The first-order valence-corrected chi connectivity index (χ1v) is 18.5. The molecule has 4 fully saturated rings. The van der Waals surface area contributed by atoms with Crippen LogP contribution in [0, 0.1) is 18.8 Å². The van der Waals surface area contributed by atoms with Gasteiger partial charge in [-0.05, 0) is 73.1 Å². The number of fused-ring (bicyclic) bond motifs is 3. The molecule has 8 heteroatoms. The van der Waals surface area contributed by atoms with Crippen molar-refractivity contribution in [3.8, 4) is 11.5 Å². The number of hydrogen-bond donors (Lipinski definition) is 5. The Balaban J connectivity index is 0.972. The number of nitrogens with one attached hydrogen (secondary N) is 1. The molecule has 0 unspecified atom stereocenters. The first-order valence-electron chi connectivity index (χ1n) is 18.5. The monoisotopic (exact) mass is 673 g/mol. The van der Waals surface area contributed by atoms with Crippen molar-refractivity contribution in [2.75, 3.05) is 45.9 Å². The number of quaternary nitrogens is 1. The standard InChI is InChI=1S/C41H56N2O6/c1-29-23-32(30(2)42-25-38(46)33-13-15-37(45)34(24-33)27-44)14-16-39(29)48-22-8-19-43-20-17-31(18-21-43)40(26-43)49-28-41(47,36-11-6-7-12-36)35-9-4-3-5-10-35/h3-5,9-10,13-16,23-24,30-31,36,38,40,42,44,46-47H,6-8,11-12,17-22,25-28H2,1-2H3/p+1/t30-,31?,38+,40+,41-,43?/m1/s1. The zero-order chi connectivity index (χ0) is 34.4. The SMILES string of the molecule is Cc1cc([C@@H](C)NC[C@H](O)c2ccc(O)c(CO)c2)ccc1OCCC[N+]12CCC(CC1)[C@@H](OC[C@@](O)(c1ccccc1)C1CCCC1)C2. The molecule has 49 heavy (non-hydrogen) atoms. The summed E-state index contributed by atoms with van der Waals surface area (Å²) in [7, 11) is 0. The maximum atomic E-state index is 12.0. The van der Waals surface area contributed by atoms with E-state index in [0.717, 1.165) is 59.3 Å². The highest BCUT2D eigenvalue weighted by molar-refractivity contribution is 5.38. The van der Waals surface area contributed by atoms with E-state index in [9.17, 15) is 20.4 Å². The number of aliphatic hydroxyl groups excluding tert-OH is 2. The fourth-order valence-electron chi connectivity index (χ4n) is 8.67. The van der Waals surface area contributed by atoms with Gasteiger partial charge in [0.25, 0.3) is 0 Å². The Kier molecular flexibility index (Phi) is 11.6. The molecule has 3 aromatic carbocycles. The third kappa shape index (κ3) is 8.33. The zero-order valence-electron chi connectivity index (χ0n) is 29.4. The molecule has 1 saturated carbocycles. The lowest BCUT2D eigenvalue weighted by Crippen LogP contribution is -2.65. The lowest BCUT2D eigenvalue weighted by Gasteiger charge is -2.53. The quantitative estimate of drug-likeness (QED) is 0.0931. The molecule has 3 aromatic rings. The van der Waals surface area contributed by atoms with E-state index in [2.05, 4.69) is 43.4 Å². The van der Waals surface area contributed by atoms with E-state index < -0.39 is 11.7 Å². The maximum Gasteiger partial charge on any atom is 0.122 e. The van der Waals surface area contributed by atoms with E-state index >= 15 is 0 Å². The van der Waals surface area contributed by atoms with Gasteiger partial charge in [0, 0.05) is 43.3 Å². The second kappa shape index (κ2) is 15.9. The van der Waals surface area contributed by atoms with Crippen LogP contribution < -0.4 is 10.1 Å². The van der Waals surface area contributed by atoms with Crippen molar-refractivity contribution in [3.63, 3.8) is 0 Å². The van der Waals surface area contributed by atoms with E-state index in [1.807, 2.05) is 24.3 Å². The molecule has 0 amide bonds. The molecule has 4 aliphatic rings. The fraction of sp³-hybridized carbons (Fsp3) is 0.561. The van der Waals surface area contributed by atoms with Crippen LogP contribution in [0.25, 0.3) is 0 Å². The summed E-state index contributed by atoms with van der Waals surface area (Å²) in [6, 6.07) is 21.3. The van der Waals surface area contributed by atoms with Crippen LogP contribution in [-0.2, 0) is 16.9 Å². The molecule has 2 bridgehead atoms. The minimum absolute atomic E-state index is 0.0201. The Morgan fingerprint density at radius 1 is 0.959 bits per heavy atom. The number of aryl methyl sites for hydroxylation is 1. The smallest absolute Gasteiger partial charge is 0.122 e. The van der Waals surface area contributed by atoms with Gasteiger partial charge in [-0.2, -0.15) is 0 Å². The van der Waals surface area contributed by atoms with Gasteiger partial charge in [0.15, 0.2) is 0 Å². The summed E-state index contributed by atoms with van der Waals surface area (Å²) in [5, 5.41) is 45.3. The summed E-state index contributed by atoms with van der Waals surface area (Å²) in [5.74, 6) is 1.79. The number of hydrogen-bond acceptors (Lipinski definition) is 7. The maximum absolute atomic E-state index is 12.0. The van der Waals surface area contributed by atoms with Crippen LogP contribution >= 0.6 is 0 Å². The van der Waals surface area contributed by atoms with Gasteiger partial charge >= 0.3 is 0 Å². The summed E-state index contributed by atoms with van der Waals surface area (Å²) in [5.41, 5.74) is 3.35. The van der Waals surface area contributed by atoms with Gasteiger partial charge in [-0.15, -0.1) is 0 Å². The van der Waals surface area contributed by atoms with Gasteiger partial charge < -0.3 is 39.7 Å². The second-order valence-corrected chi connectivity index (χ2v) is 15.1. The van der Waals surface area contributed by atoms with E-state index in [-0.39, 0.29) is 30.4 Å². The summed E-state index contributed by atoms with van der Waals surface area (Å²) in [6.45, 7) is 9.81. The van der Waals surface area contributed by atoms with Crippen LogP contribution in [0.15, 0.2) is 66.7 Å². The summed E-state index contributed by atoms with van der Waals surface area (Å²) in [4.78, 5) is 0. The van der Waals surface area contributed by atoms with Crippen LogP contribution in [0.4, 0.5) is 0 Å². The van der Waals surface area contributed by atoms with Crippen LogP contribution in [-0.4, -0.2) is 77.0 Å². The molecule has 0 radical (unpaired) electrons. The van der Waals surface area contributed by atoms with Crippen molar-refractivity contribution >= 4 is 0 Å². The van der Waals surface area contributed by atoms with Gasteiger partial charge in [-0.1, -0.05) is 61.4 Å². The van der Waals surface area contributed by atoms with Crippen molar-refractivity contribution in [1.29, 1.82) is 0 Å². The molecular formula is C41H57N2O6+. The van der Waals surface area contributed by atoms with Crippen molar-refractivity contribution in [3.05, 3.63) is 94.5 Å². The third-order valence-corrected chi connectivity index (χ3v) is 11.9. The number of nitrogens with zero attached hydrogens (tertiary/aromatic N) is 1. The molecule has 0 spiro atoms. The van der Waals surface area contributed by atoms with Crippen molar-refractivity contribution < 1.29 is 34.4 Å². The van der Waals surface area contributed by atoms with Gasteiger partial charge in [0.05, 0.1) is 45.6 Å². The topological polar surface area (TPSA) is 111 Å². The number of phenols is 1. The number of aromatic hydroxyl groups is 1. The zero-order valence-corrected chi connectivity index (χ0v) is 29.4. The number of ether oxygens (including phenoxy) is 2. The van der Waals surface area contributed by atoms with Crippen molar-refractivity contribution in [2.24, 2.45) is 11.8 Å². The molecule has 266 valence electrons. The van der Waals surface area contributed by atoms with E-state index in [1.165, 1.54) is 44.8 Å². The molecule has 8 nitrogen and oxygen atoms in total. The highest BCUT2D eigenvalue weighted by Gasteiger charge is 2.48. The third-order valence-electron chi connectivity index (χ3n) is 11.9. The van der Waals surface area contributed by atoms with Crippen LogP contribution in [0.3, 0.4) is 0 Å². The first kappa shape index (κ1) is 35.8. The predicted molar refractivity (Wildman–Crippen MR) is 191 cm³/mol. The minimum atomic E-state index is -0.913. The molecular weight excluding hydrogens is 616 g/mol. The Morgan fingerprint density at radius 2 is 1.69 bits per heavy atom. The summed E-state index contributed by atoms with van der Waals surface area (Å²) in [6.07, 6.45) is 7.34. The Labute approximate surface area is 292 Å². The highest BCUT2D eigenvalue weighted by Crippen LogP contribution is 2.43. The van der Waals surface area contributed by atoms with Gasteiger partial charge in [-0.25, -0.2) is 0 Å². The molecule has 5 N–H and O–H groups in total. The molecule has 0 aromatic heterocycles. The van der Waals surface area contributed by atoms with E-state index in [0.29, 0.717) is 36.8 Å². The van der Waals surface area contributed by atoms with Crippen LogP contribution in [0.2, 0.25) is 0 Å². The van der Waals surface area contributed by atoms with Gasteiger partial charge in [0.1, 0.15) is 29.7 Å². The van der Waals surface area contributed by atoms with Gasteiger partial charge in [-0.3, -0.25) is 0 Å². The van der Waals surface area contributed by atoms with E-state index in [4.69, 9.17) is 9.47 Å². The Bertz CT molecular complexity index is 1500. The largest absolute Gasteiger partial charge is 0.508 e. The summed E-state index contributed by atoms with van der Waals surface area (Å²) < 4.78 is 14.1. The molecule has 4 atom stereocenters. The molecule has 3 heterocycles. The van der Waals surface area contributed by atoms with E-state index in [1.54, 1.807) is 12.1 Å². The van der Waals surface area contributed by atoms with Crippen molar-refractivity contribution in [2.45, 2.75) is 89.3 Å². The lowest BCUT2D eigenvalue weighted by molar-refractivity contribution is -0.946. The van der Waals surface area contributed by atoms with Gasteiger partial charge in [0.2, 0.25) is 0 Å². The Hall–Kier alpha value is -2.98. The molecule has 3 aliphatic heterocycles. The number of aliphatic hydroxyl groups is 3. The first-order chi connectivity index (χ1) is 23.7. The predicted octanol–water partition coefficient (Wildman–Crippen LogP) is 6.05. The summed E-state index contributed by atoms with van der Waals surface area (Å²) >= 11 is 0.